The van der Waals surface area contributed by atoms with Crippen LogP contribution >= 0.6 is 0 Å². The molecule has 10 nitrogen and oxygen atoms in total. The van der Waals surface area contributed by atoms with E-state index in [1.165, 1.54) is 12.1 Å². The van der Waals surface area contributed by atoms with Gasteiger partial charge in [0.2, 0.25) is 16.0 Å². The van der Waals surface area contributed by atoms with Crippen molar-refractivity contribution in [3.05, 3.63) is 72.7 Å². The minimum Gasteiger partial charge on any atom is -0.325 e. The second-order valence-corrected chi connectivity index (χ2v) is 8.08. The van der Waals surface area contributed by atoms with Gasteiger partial charge in [-0.1, -0.05) is 6.07 Å². The van der Waals surface area contributed by atoms with Crippen LogP contribution in [-0.2, 0) is 10.0 Å². The maximum Gasteiger partial charge on any atom is 0.238 e. The molecular formula is C20H18N8O2S. The maximum atomic E-state index is 11.4. The zero-order valence-corrected chi connectivity index (χ0v) is 17.2. The summed E-state index contributed by atoms with van der Waals surface area (Å²) in [6.07, 6.45) is 3.22. The molecule has 4 rings (SSSR count). The van der Waals surface area contributed by atoms with Crippen LogP contribution in [0.4, 0.5) is 23.3 Å². The number of aryl methyl sites for hydroxylation is 1. The van der Waals surface area contributed by atoms with E-state index in [-0.39, 0.29) is 4.90 Å². The van der Waals surface area contributed by atoms with Crippen molar-refractivity contribution in [2.45, 2.75) is 11.8 Å². The topological polar surface area (TPSA) is 149 Å². The van der Waals surface area contributed by atoms with Gasteiger partial charge in [0.05, 0.1) is 4.90 Å². The molecule has 4 aromatic rings. The third-order valence-electron chi connectivity index (χ3n) is 4.12. The van der Waals surface area contributed by atoms with Crippen molar-refractivity contribution in [3.63, 3.8) is 0 Å². The van der Waals surface area contributed by atoms with Gasteiger partial charge in [-0.05, 0) is 55.5 Å². The lowest BCUT2D eigenvalue weighted by Crippen LogP contribution is -2.11. The highest BCUT2D eigenvalue weighted by Crippen LogP contribution is 2.19. The van der Waals surface area contributed by atoms with Crippen LogP contribution in [-0.4, -0.2) is 33.3 Å². The standard InChI is InChI=1S/C20H18N8O2S/c1-13-3-2-4-16(24-13)19-22-11-9-17(27-19)26-18-10-12-23-20(28-18)25-14-5-7-15(8-6-14)31(21,29)30/h2-12H,1H3,(H2,21,29,30)(H2,22,23,25,26,27,28). The number of rotatable bonds is 6. The molecule has 0 aliphatic carbocycles. The summed E-state index contributed by atoms with van der Waals surface area (Å²) in [6, 6.07) is 15.0. The van der Waals surface area contributed by atoms with Crippen LogP contribution < -0.4 is 15.8 Å². The SMILES string of the molecule is Cc1cccc(-c2nccc(Nc3ccnc(Nc4ccc(S(N)(=O)=O)cc4)n3)n2)n1. The number of benzene rings is 1. The highest BCUT2D eigenvalue weighted by molar-refractivity contribution is 7.89. The molecule has 3 heterocycles. The molecule has 11 heteroatoms. The lowest BCUT2D eigenvalue weighted by molar-refractivity contribution is 0.598. The fourth-order valence-electron chi connectivity index (χ4n) is 2.70. The van der Waals surface area contributed by atoms with Gasteiger partial charge >= 0.3 is 0 Å². The summed E-state index contributed by atoms with van der Waals surface area (Å²) in [6.45, 7) is 1.91. The van der Waals surface area contributed by atoms with Crippen molar-refractivity contribution < 1.29 is 8.42 Å². The first-order valence-electron chi connectivity index (χ1n) is 9.14. The van der Waals surface area contributed by atoms with Crippen LogP contribution in [0.5, 0.6) is 0 Å². The second kappa shape index (κ2) is 8.42. The first-order valence-corrected chi connectivity index (χ1v) is 10.7. The number of sulfonamides is 1. The third-order valence-corrected chi connectivity index (χ3v) is 5.05. The van der Waals surface area contributed by atoms with Crippen LogP contribution in [0.25, 0.3) is 11.5 Å². The molecule has 4 N–H and O–H groups in total. The lowest BCUT2D eigenvalue weighted by Gasteiger charge is -2.09. The predicted octanol–water partition coefficient (Wildman–Crippen LogP) is 2.77. The van der Waals surface area contributed by atoms with E-state index >= 15 is 0 Å². The summed E-state index contributed by atoms with van der Waals surface area (Å²) < 4.78 is 22.7. The zero-order valence-electron chi connectivity index (χ0n) is 16.4. The Kier molecular flexibility index (Phi) is 5.52. The Morgan fingerprint density at radius 3 is 2.23 bits per heavy atom. The molecule has 0 saturated heterocycles. The number of nitrogens with two attached hydrogens (primary N) is 1. The maximum absolute atomic E-state index is 11.4. The van der Waals surface area contributed by atoms with E-state index in [2.05, 4.69) is 35.6 Å². The summed E-state index contributed by atoms with van der Waals surface area (Å²) >= 11 is 0. The fraction of sp³-hybridized carbons (Fsp3) is 0.0500. The van der Waals surface area contributed by atoms with E-state index in [0.717, 1.165) is 5.69 Å². The van der Waals surface area contributed by atoms with Crippen molar-refractivity contribution in [2.75, 3.05) is 10.6 Å². The van der Waals surface area contributed by atoms with Crippen LogP contribution in [0.3, 0.4) is 0 Å². The molecule has 0 aliphatic heterocycles. The van der Waals surface area contributed by atoms with Gasteiger partial charge in [0.15, 0.2) is 5.82 Å². The molecule has 3 aromatic heterocycles. The first-order chi connectivity index (χ1) is 14.9. The van der Waals surface area contributed by atoms with Crippen LogP contribution in [0.2, 0.25) is 0 Å². The van der Waals surface area contributed by atoms with E-state index in [4.69, 9.17) is 5.14 Å². The highest BCUT2D eigenvalue weighted by atomic mass is 32.2. The average molecular weight is 434 g/mol. The third kappa shape index (κ3) is 5.15. The summed E-state index contributed by atoms with van der Waals surface area (Å²) in [5.41, 5.74) is 2.17. The number of hydrogen-bond acceptors (Lipinski definition) is 9. The van der Waals surface area contributed by atoms with Crippen molar-refractivity contribution in [1.82, 2.24) is 24.9 Å². The van der Waals surface area contributed by atoms with Gasteiger partial charge in [0.25, 0.3) is 0 Å². The van der Waals surface area contributed by atoms with E-state index in [1.807, 2.05) is 25.1 Å². The van der Waals surface area contributed by atoms with Gasteiger partial charge < -0.3 is 10.6 Å². The molecule has 0 fully saturated rings. The number of aromatic nitrogens is 5. The number of anilines is 4. The van der Waals surface area contributed by atoms with Gasteiger partial charge in [-0.2, -0.15) is 4.98 Å². The lowest BCUT2D eigenvalue weighted by atomic mass is 10.3. The smallest absolute Gasteiger partial charge is 0.238 e. The van der Waals surface area contributed by atoms with Gasteiger partial charge in [0, 0.05) is 23.8 Å². The molecule has 156 valence electrons. The van der Waals surface area contributed by atoms with Crippen molar-refractivity contribution in [2.24, 2.45) is 5.14 Å². The Bertz CT molecular complexity index is 1330. The van der Waals surface area contributed by atoms with E-state index in [9.17, 15) is 8.42 Å². The van der Waals surface area contributed by atoms with Gasteiger partial charge in [-0.25, -0.2) is 33.5 Å². The number of pyridine rings is 1. The molecular weight excluding hydrogens is 416 g/mol. The normalized spacial score (nSPS) is 11.2. The Morgan fingerprint density at radius 1 is 0.806 bits per heavy atom. The molecule has 0 unspecified atom stereocenters. The first kappa shape index (κ1) is 20.3. The molecule has 0 radical (unpaired) electrons. The molecule has 0 saturated carbocycles. The van der Waals surface area contributed by atoms with E-state index in [0.29, 0.717) is 34.8 Å². The molecule has 0 atom stereocenters. The van der Waals surface area contributed by atoms with Crippen LogP contribution in [0, 0.1) is 6.92 Å². The Labute approximate surface area is 178 Å². The van der Waals surface area contributed by atoms with Gasteiger partial charge in [-0.15, -0.1) is 0 Å². The van der Waals surface area contributed by atoms with Crippen molar-refractivity contribution in [1.29, 1.82) is 0 Å². The zero-order chi connectivity index (χ0) is 21.8. The second-order valence-electron chi connectivity index (χ2n) is 6.51. The number of primary sulfonamides is 1. The van der Waals surface area contributed by atoms with E-state index in [1.54, 1.807) is 36.7 Å². The minimum atomic E-state index is -3.75. The summed E-state index contributed by atoms with van der Waals surface area (Å²) in [7, 11) is -3.75. The Balaban J connectivity index is 1.51. The van der Waals surface area contributed by atoms with Crippen molar-refractivity contribution in [3.8, 4) is 11.5 Å². The average Bonchev–Trinajstić information content (AvgIpc) is 2.74. The molecule has 0 spiro atoms. The van der Waals surface area contributed by atoms with Crippen molar-refractivity contribution >= 4 is 33.3 Å². The minimum absolute atomic E-state index is 0.0250. The molecule has 31 heavy (non-hydrogen) atoms. The molecule has 0 aliphatic rings. The quantitative estimate of drug-likeness (QED) is 0.416. The molecule has 0 bridgehead atoms. The van der Waals surface area contributed by atoms with Gasteiger partial charge in [-0.3, -0.25) is 0 Å². The number of nitrogens with one attached hydrogen (secondary N) is 2. The largest absolute Gasteiger partial charge is 0.325 e. The number of hydrogen-bond donors (Lipinski definition) is 3. The Morgan fingerprint density at radius 2 is 1.52 bits per heavy atom. The number of nitrogens with zero attached hydrogens (tertiary/aromatic N) is 5. The Hall–Kier alpha value is -3.96. The summed E-state index contributed by atoms with van der Waals surface area (Å²) in [5.74, 6) is 1.88. The fourth-order valence-corrected chi connectivity index (χ4v) is 3.21. The summed E-state index contributed by atoms with van der Waals surface area (Å²) in [5, 5.41) is 11.2. The predicted molar refractivity (Wildman–Crippen MR) is 116 cm³/mol. The van der Waals surface area contributed by atoms with Gasteiger partial charge in [0.1, 0.15) is 17.3 Å². The highest BCUT2D eigenvalue weighted by Gasteiger charge is 2.08. The summed E-state index contributed by atoms with van der Waals surface area (Å²) in [4.78, 5) is 21.8. The van der Waals surface area contributed by atoms with Crippen LogP contribution in [0.15, 0.2) is 71.9 Å². The van der Waals surface area contributed by atoms with E-state index < -0.39 is 10.0 Å². The van der Waals surface area contributed by atoms with Crippen LogP contribution in [0.1, 0.15) is 5.69 Å². The molecule has 1 aromatic carbocycles. The molecule has 0 amide bonds. The monoisotopic (exact) mass is 434 g/mol.